The fourth-order valence-electron chi connectivity index (χ4n) is 3.74. The number of benzene rings is 3. The number of rotatable bonds is 14. The van der Waals surface area contributed by atoms with E-state index < -0.39 is 13.1 Å². The van der Waals surface area contributed by atoms with Crippen molar-refractivity contribution in [2.45, 2.75) is 54.0 Å². The monoisotopic (exact) mass is 549 g/mol. The molecule has 36 heavy (non-hydrogen) atoms. The van der Waals surface area contributed by atoms with E-state index in [0.29, 0.717) is 18.1 Å². The summed E-state index contributed by atoms with van der Waals surface area (Å²) >= 11 is 8.17. The predicted octanol–water partition coefficient (Wildman–Crippen LogP) is 6.04. The van der Waals surface area contributed by atoms with Crippen molar-refractivity contribution in [3.8, 4) is 5.75 Å². The Morgan fingerprint density at radius 2 is 1.69 bits per heavy atom. The minimum atomic E-state index is -4.14. The van der Waals surface area contributed by atoms with Crippen molar-refractivity contribution in [3.63, 3.8) is 0 Å². The van der Waals surface area contributed by atoms with Gasteiger partial charge in [-0.3, -0.25) is 4.57 Å². The number of halogens is 1. The number of hydrogen-bond donors (Lipinski definition) is 4. The first-order valence-corrected chi connectivity index (χ1v) is 14.8. The van der Waals surface area contributed by atoms with Gasteiger partial charge in [0.2, 0.25) is 0 Å². The van der Waals surface area contributed by atoms with E-state index in [2.05, 4.69) is 0 Å². The van der Waals surface area contributed by atoms with Gasteiger partial charge in [-0.25, -0.2) is 0 Å². The van der Waals surface area contributed by atoms with Crippen molar-refractivity contribution >= 4 is 31.0 Å². The van der Waals surface area contributed by atoms with Gasteiger partial charge >= 0.3 is 7.60 Å². The molecule has 0 heterocycles. The highest BCUT2D eigenvalue weighted by atomic mass is 35.5. The van der Waals surface area contributed by atoms with Crippen molar-refractivity contribution < 1.29 is 24.2 Å². The van der Waals surface area contributed by atoms with Crippen molar-refractivity contribution in [1.29, 1.82) is 0 Å². The summed E-state index contributed by atoms with van der Waals surface area (Å²) in [5.41, 5.74) is 7.30. The van der Waals surface area contributed by atoms with Gasteiger partial charge < -0.3 is 25.4 Å². The molecule has 9 heteroatoms. The Morgan fingerprint density at radius 1 is 0.944 bits per heavy atom. The van der Waals surface area contributed by atoms with Crippen LogP contribution >= 0.6 is 31.0 Å². The van der Waals surface area contributed by atoms with Crippen molar-refractivity contribution in [2.24, 2.45) is 5.73 Å². The molecule has 0 aliphatic carbocycles. The number of hydrogen-bond acceptors (Lipinski definition) is 5. The van der Waals surface area contributed by atoms with Gasteiger partial charge in [0.05, 0.1) is 12.8 Å². The summed E-state index contributed by atoms with van der Waals surface area (Å²) in [5, 5.41) is 10.3. The van der Waals surface area contributed by atoms with Crippen LogP contribution in [0.4, 0.5) is 0 Å². The Morgan fingerprint density at radius 3 is 2.39 bits per heavy atom. The molecule has 0 amide bonds. The summed E-state index contributed by atoms with van der Waals surface area (Å²) in [6.45, 7) is 0.209. The van der Waals surface area contributed by atoms with Crippen LogP contribution in [0.1, 0.15) is 36.8 Å². The Kier molecular flexibility index (Phi) is 10.9. The molecule has 6 nitrogen and oxygen atoms in total. The molecule has 0 spiro atoms. The van der Waals surface area contributed by atoms with E-state index in [1.807, 2.05) is 72.8 Å². The summed E-state index contributed by atoms with van der Waals surface area (Å²) < 4.78 is 17.1. The van der Waals surface area contributed by atoms with E-state index in [1.54, 1.807) is 11.8 Å². The Bertz CT molecular complexity index is 1160. The number of aryl methyl sites for hydroxylation is 1. The third-order valence-corrected chi connectivity index (χ3v) is 8.04. The van der Waals surface area contributed by atoms with E-state index in [1.165, 1.54) is 0 Å². The van der Waals surface area contributed by atoms with Gasteiger partial charge in [0.25, 0.3) is 0 Å². The lowest BCUT2D eigenvalue weighted by Gasteiger charge is -2.27. The zero-order valence-electron chi connectivity index (χ0n) is 20.1. The van der Waals surface area contributed by atoms with Crippen LogP contribution in [0, 0.1) is 0 Å². The topological polar surface area (TPSA) is 113 Å². The smallest absolute Gasteiger partial charge is 0.325 e. The van der Waals surface area contributed by atoms with Crippen LogP contribution in [-0.4, -0.2) is 33.2 Å². The second-order valence-corrected chi connectivity index (χ2v) is 12.3. The molecule has 5 N–H and O–H groups in total. The molecule has 0 saturated carbocycles. The molecule has 0 fully saturated rings. The van der Waals surface area contributed by atoms with Gasteiger partial charge in [-0.1, -0.05) is 72.2 Å². The maximum Gasteiger partial charge on any atom is 0.325 e. The summed E-state index contributed by atoms with van der Waals surface area (Å²) in [5.74, 6) is 0.811. The molecule has 0 aliphatic rings. The Labute approximate surface area is 222 Å². The van der Waals surface area contributed by atoms with Crippen LogP contribution in [-0.2, 0) is 17.6 Å². The van der Waals surface area contributed by atoms with E-state index in [9.17, 15) is 9.67 Å². The van der Waals surface area contributed by atoms with Gasteiger partial charge in [0, 0.05) is 20.4 Å². The zero-order valence-corrected chi connectivity index (χ0v) is 22.5. The van der Waals surface area contributed by atoms with Crippen LogP contribution in [0.5, 0.6) is 5.75 Å². The molecule has 1 unspecified atom stereocenters. The molecule has 0 radical (unpaired) electrons. The Hall–Kier alpha value is -1.83. The maximum absolute atomic E-state index is 11.1. The molecule has 1 atom stereocenters. The lowest BCUT2D eigenvalue weighted by atomic mass is 9.91. The van der Waals surface area contributed by atoms with Crippen LogP contribution in [0.3, 0.4) is 0 Å². The normalized spacial score (nSPS) is 13.4. The van der Waals surface area contributed by atoms with E-state index >= 15 is 0 Å². The van der Waals surface area contributed by atoms with Gasteiger partial charge in [-0.15, -0.1) is 0 Å². The minimum absolute atomic E-state index is 0.0823. The van der Waals surface area contributed by atoms with Crippen LogP contribution in [0.2, 0.25) is 5.02 Å². The first kappa shape index (κ1) is 28.7. The Balaban J connectivity index is 1.49. The third-order valence-electron chi connectivity index (χ3n) is 5.90. The fourth-order valence-corrected chi connectivity index (χ4v) is 5.73. The molecule has 3 aromatic carbocycles. The van der Waals surface area contributed by atoms with Gasteiger partial charge in [-0.2, -0.15) is 0 Å². The molecule has 3 rings (SSSR count). The highest BCUT2D eigenvalue weighted by Gasteiger charge is 2.27. The van der Waals surface area contributed by atoms with E-state index in [-0.39, 0.29) is 19.2 Å². The average molecular weight is 550 g/mol. The number of unbranched alkanes of at least 4 members (excludes halogenated alkanes) is 1. The highest BCUT2D eigenvalue weighted by molar-refractivity contribution is 7.99. The largest absolute Gasteiger partial charge is 0.489 e. The second kappa shape index (κ2) is 13.6. The molecule has 0 saturated heterocycles. The van der Waals surface area contributed by atoms with Gasteiger partial charge in [0.1, 0.15) is 12.4 Å². The zero-order chi connectivity index (χ0) is 26.0. The number of aliphatic hydroxyl groups is 1. The van der Waals surface area contributed by atoms with Gasteiger partial charge in [-0.05, 0) is 67.1 Å². The number of aliphatic hydroxyl groups excluding tert-OH is 1. The first-order valence-electron chi connectivity index (χ1n) is 11.8. The summed E-state index contributed by atoms with van der Waals surface area (Å²) in [6.07, 6.45) is 2.53. The summed E-state index contributed by atoms with van der Waals surface area (Å²) in [7, 11) is -4.14. The molecule has 0 bridgehead atoms. The number of nitrogens with two attached hydrogens (primary N) is 1. The highest BCUT2D eigenvalue weighted by Crippen LogP contribution is 2.37. The average Bonchev–Trinajstić information content (AvgIpc) is 2.86. The lowest BCUT2D eigenvalue weighted by Crippen LogP contribution is -2.44. The molecule has 194 valence electrons. The summed E-state index contributed by atoms with van der Waals surface area (Å²) in [6, 6.07) is 24.0. The first-order chi connectivity index (χ1) is 17.2. The molecule has 0 aromatic heterocycles. The van der Waals surface area contributed by atoms with E-state index in [0.717, 1.165) is 45.9 Å². The maximum atomic E-state index is 11.1. The lowest BCUT2D eigenvalue weighted by molar-refractivity contribution is 0.178. The second-order valence-electron chi connectivity index (χ2n) is 8.97. The van der Waals surface area contributed by atoms with Gasteiger partial charge in [0.15, 0.2) is 0 Å². The number of ether oxygens (including phenoxy) is 1. The van der Waals surface area contributed by atoms with Crippen LogP contribution in [0.25, 0.3) is 0 Å². The fraction of sp³-hybridized carbons (Fsp3) is 0.333. The van der Waals surface area contributed by atoms with Crippen LogP contribution in [0.15, 0.2) is 82.6 Å². The third kappa shape index (κ3) is 9.91. The molecule has 0 aliphatic heterocycles. The quantitative estimate of drug-likeness (QED) is 0.143. The molecular formula is C27H33ClNO5PS. The van der Waals surface area contributed by atoms with Crippen molar-refractivity contribution in [1.82, 2.24) is 0 Å². The molecular weight excluding hydrogens is 517 g/mol. The SMILES string of the molecule is NC(CO)(CCCCc1ccc(Sc2cccc(OCc3ccccc3)c2)cc1Cl)CCP(=O)(O)O. The minimum Gasteiger partial charge on any atom is -0.489 e. The van der Waals surface area contributed by atoms with Crippen molar-refractivity contribution in [3.05, 3.63) is 88.9 Å². The standard InChI is InChI=1S/C27H33ClNO5PS/c28-26-18-25(36-24-11-6-10-23(17-24)34-19-21-7-2-1-3-8-21)13-12-22(26)9-4-5-14-27(29,20-30)15-16-35(31,32)33/h1-3,6-8,10-13,17-18,30H,4-5,9,14-16,19-20,29H2,(H2,31,32,33). The van der Waals surface area contributed by atoms with E-state index in [4.69, 9.17) is 31.9 Å². The summed E-state index contributed by atoms with van der Waals surface area (Å²) in [4.78, 5) is 20.2. The molecule has 3 aromatic rings. The predicted molar refractivity (Wildman–Crippen MR) is 146 cm³/mol. The van der Waals surface area contributed by atoms with Crippen molar-refractivity contribution in [2.75, 3.05) is 12.8 Å². The van der Waals surface area contributed by atoms with Crippen LogP contribution < -0.4 is 10.5 Å².